The van der Waals surface area contributed by atoms with Gasteiger partial charge in [0.2, 0.25) is 0 Å². The summed E-state index contributed by atoms with van der Waals surface area (Å²) >= 11 is 0. The van der Waals surface area contributed by atoms with Crippen molar-refractivity contribution in [3.8, 4) is 0 Å². The summed E-state index contributed by atoms with van der Waals surface area (Å²) in [4.78, 5) is 4.36. The fraction of sp³-hybridized carbons (Fsp3) is 0.154. The van der Waals surface area contributed by atoms with Crippen LogP contribution in [0.4, 0.5) is 0 Å². The molecule has 0 atom stereocenters. The molecule has 0 fully saturated rings. The van der Waals surface area contributed by atoms with Crippen molar-refractivity contribution in [1.29, 1.82) is 0 Å². The second-order valence-electron chi connectivity index (χ2n) is 3.87. The van der Waals surface area contributed by atoms with Crippen LogP contribution in [-0.4, -0.2) is 9.55 Å². The molecule has 3 aromatic rings. The highest BCUT2D eigenvalue weighted by Crippen LogP contribution is 2.28. The number of aryl methyl sites for hydroxylation is 2. The van der Waals surface area contributed by atoms with Gasteiger partial charge in [0.1, 0.15) is 0 Å². The van der Waals surface area contributed by atoms with Gasteiger partial charge in [-0.2, -0.15) is 0 Å². The lowest BCUT2D eigenvalue weighted by molar-refractivity contribution is 1.01. The van der Waals surface area contributed by atoms with E-state index in [4.69, 9.17) is 0 Å². The normalized spacial score (nSPS) is 11.3. The maximum absolute atomic E-state index is 4.36. The number of rotatable bonds is 0. The minimum absolute atomic E-state index is 1.10. The Morgan fingerprint density at radius 3 is 2.73 bits per heavy atom. The molecule has 74 valence electrons. The lowest BCUT2D eigenvalue weighted by atomic mass is 10.1. The predicted octanol–water partition coefficient (Wildman–Crippen LogP) is 3.03. The van der Waals surface area contributed by atoms with Crippen LogP contribution in [-0.2, 0) is 7.05 Å². The lowest BCUT2D eigenvalue weighted by Gasteiger charge is -1.97. The molecule has 15 heavy (non-hydrogen) atoms. The molecule has 0 aliphatic heterocycles. The SMILES string of the molecule is Cc1nccc2c1c1ccccc1n2C. The summed E-state index contributed by atoms with van der Waals surface area (Å²) in [7, 11) is 2.10. The third-order valence-corrected chi connectivity index (χ3v) is 3.01. The number of pyridine rings is 1. The van der Waals surface area contributed by atoms with Crippen LogP contribution in [0.25, 0.3) is 21.8 Å². The molecule has 0 unspecified atom stereocenters. The molecule has 2 heterocycles. The lowest BCUT2D eigenvalue weighted by Crippen LogP contribution is -1.87. The first kappa shape index (κ1) is 8.48. The van der Waals surface area contributed by atoms with Crippen molar-refractivity contribution in [1.82, 2.24) is 9.55 Å². The molecule has 0 spiro atoms. The van der Waals surface area contributed by atoms with Crippen molar-refractivity contribution in [3.05, 3.63) is 42.2 Å². The van der Waals surface area contributed by atoms with Gasteiger partial charge in [0, 0.05) is 35.2 Å². The minimum atomic E-state index is 1.10. The second kappa shape index (κ2) is 2.83. The molecule has 0 saturated carbocycles. The third kappa shape index (κ3) is 1.02. The predicted molar refractivity (Wildman–Crippen MR) is 63.0 cm³/mol. The number of benzene rings is 1. The molecular weight excluding hydrogens is 184 g/mol. The van der Waals surface area contributed by atoms with Crippen molar-refractivity contribution in [2.45, 2.75) is 6.92 Å². The van der Waals surface area contributed by atoms with Gasteiger partial charge in [0.05, 0.1) is 5.52 Å². The molecule has 0 aliphatic carbocycles. The fourth-order valence-electron chi connectivity index (χ4n) is 2.27. The number of hydrogen-bond donors (Lipinski definition) is 0. The first-order valence-electron chi connectivity index (χ1n) is 5.08. The zero-order valence-electron chi connectivity index (χ0n) is 8.86. The standard InChI is InChI=1S/C13H12N2/c1-9-13-10-5-3-4-6-11(10)15(2)12(13)7-8-14-9/h3-8H,1-2H3. The summed E-state index contributed by atoms with van der Waals surface area (Å²) in [5.74, 6) is 0. The maximum atomic E-state index is 4.36. The van der Waals surface area contributed by atoms with Crippen LogP contribution >= 0.6 is 0 Å². The van der Waals surface area contributed by atoms with Gasteiger partial charge < -0.3 is 4.57 Å². The van der Waals surface area contributed by atoms with E-state index in [9.17, 15) is 0 Å². The smallest absolute Gasteiger partial charge is 0.0522 e. The first-order valence-corrected chi connectivity index (χ1v) is 5.08. The monoisotopic (exact) mass is 196 g/mol. The van der Waals surface area contributed by atoms with Gasteiger partial charge in [-0.3, -0.25) is 4.98 Å². The van der Waals surface area contributed by atoms with Crippen LogP contribution in [0.2, 0.25) is 0 Å². The van der Waals surface area contributed by atoms with E-state index >= 15 is 0 Å². The van der Waals surface area contributed by atoms with Crippen molar-refractivity contribution in [2.75, 3.05) is 0 Å². The van der Waals surface area contributed by atoms with Gasteiger partial charge in [-0.15, -0.1) is 0 Å². The Morgan fingerprint density at radius 1 is 1.07 bits per heavy atom. The highest BCUT2D eigenvalue weighted by atomic mass is 14.9. The average Bonchev–Trinajstić information content (AvgIpc) is 2.55. The molecule has 0 radical (unpaired) electrons. The maximum Gasteiger partial charge on any atom is 0.0522 e. The van der Waals surface area contributed by atoms with Crippen LogP contribution in [0.5, 0.6) is 0 Å². The molecule has 2 heteroatoms. The molecule has 2 aromatic heterocycles. The van der Waals surface area contributed by atoms with E-state index in [0.29, 0.717) is 0 Å². The Morgan fingerprint density at radius 2 is 1.87 bits per heavy atom. The first-order chi connectivity index (χ1) is 7.29. The summed E-state index contributed by atoms with van der Waals surface area (Å²) in [5.41, 5.74) is 3.62. The van der Waals surface area contributed by atoms with Crippen LogP contribution < -0.4 is 0 Å². The van der Waals surface area contributed by atoms with Crippen LogP contribution in [0.1, 0.15) is 5.69 Å². The van der Waals surface area contributed by atoms with Gasteiger partial charge in [0.25, 0.3) is 0 Å². The van der Waals surface area contributed by atoms with Crippen molar-refractivity contribution in [2.24, 2.45) is 7.05 Å². The summed E-state index contributed by atoms with van der Waals surface area (Å²) in [6.45, 7) is 2.06. The van der Waals surface area contributed by atoms with Crippen molar-refractivity contribution < 1.29 is 0 Å². The third-order valence-electron chi connectivity index (χ3n) is 3.01. The van der Waals surface area contributed by atoms with E-state index in [0.717, 1.165) is 5.69 Å². The number of nitrogens with zero attached hydrogens (tertiary/aromatic N) is 2. The Bertz CT molecular complexity index is 650. The molecule has 0 bridgehead atoms. The zero-order chi connectivity index (χ0) is 10.4. The molecule has 0 saturated heterocycles. The van der Waals surface area contributed by atoms with Gasteiger partial charge >= 0.3 is 0 Å². The minimum Gasteiger partial charge on any atom is -0.344 e. The summed E-state index contributed by atoms with van der Waals surface area (Å²) in [6.07, 6.45) is 1.87. The topological polar surface area (TPSA) is 17.8 Å². The molecule has 0 N–H and O–H groups in total. The Balaban J connectivity index is 2.70. The summed E-state index contributed by atoms with van der Waals surface area (Å²) in [5, 5.41) is 2.57. The summed E-state index contributed by atoms with van der Waals surface area (Å²) in [6, 6.07) is 10.5. The molecule has 0 amide bonds. The quantitative estimate of drug-likeness (QED) is 0.540. The van der Waals surface area contributed by atoms with E-state index in [2.05, 4.69) is 53.9 Å². The van der Waals surface area contributed by atoms with Crippen molar-refractivity contribution in [3.63, 3.8) is 0 Å². The van der Waals surface area contributed by atoms with E-state index in [1.165, 1.54) is 21.8 Å². The molecule has 0 aliphatic rings. The number of aromatic nitrogens is 2. The van der Waals surface area contributed by atoms with Crippen LogP contribution in [0.15, 0.2) is 36.5 Å². The molecular formula is C13H12N2. The highest BCUT2D eigenvalue weighted by molar-refractivity contribution is 6.08. The fourth-order valence-corrected chi connectivity index (χ4v) is 2.27. The second-order valence-corrected chi connectivity index (χ2v) is 3.87. The van der Waals surface area contributed by atoms with Crippen molar-refractivity contribution >= 4 is 21.8 Å². The van der Waals surface area contributed by atoms with Gasteiger partial charge in [-0.25, -0.2) is 0 Å². The molecule has 1 aromatic carbocycles. The van der Waals surface area contributed by atoms with E-state index in [-0.39, 0.29) is 0 Å². The van der Waals surface area contributed by atoms with E-state index in [1.807, 2.05) is 6.20 Å². The zero-order valence-corrected chi connectivity index (χ0v) is 8.86. The molecule has 3 rings (SSSR count). The Hall–Kier alpha value is -1.83. The Kier molecular flexibility index (Phi) is 1.60. The van der Waals surface area contributed by atoms with Gasteiger partial charge in [-0.1, -0.05) is 18.2 Å². The average molecular weight is 196 g/mol. The van der Waals surface area contributed by atoms with E-state index < -0.39 is 0 Å². The number of fused-ring (bicyclic) bond motifs is 3. The largest absolute Gasteiger partial charge is 0.344 e. The number of para-hydroxylation sites is 1. The summed E-state index contributed by atoms with van der Waals surface area (Å²) < 4.78 is 2.22. The van der Waals surface area contributed by atoms with Crippen LogP contribution in [0, 0.1) is 6.92 Å². The number of hydrogen-bond acceptors (Lipinski definition) is 1. The highest BCUT2D eigenvalue weighted by Gasteiger charge is 2.08. The van der Waals surface area contributed by atoms with Gasteiger partial charge in [0.15, 0.2) is 0 Å². The van der Waals surface area contributed by atoms with Gasteiger partial charge in [-0.05, 0) is 19.1 Å². The van der Waals surface area contributed by atoms with Crippen LogP contribution in [0.3, 0.4) is 0 Å². The molecule has 2 nitrogen and oxygen atoms in total. The van der Waals surface area contributed by atoms with E-state index in [1.54, 1.807) is 0 Å². The Labute approximate surface area is 88.2 Å².